The van der Waals surface area contributed by atoms with Gasteiger partial charge in [0.05, 0.1) is 11.9 Å². The van der Waals surface area contributed by atoms with Gasteiger partial charge in [-0.2, -0.15) is 5.10 Å². The lowest BCUT2D eigenvalue weighted by atomic mass is 9.88. The summed E-state index contributed by atoms with van der Waals surface area (Å²) in [5.41, 5.74) is 0.833. The predicted molar refractivity (Wildman–Crippen MR) is 65.5 cm³/mol. The Kier molecular flexibility index (Phi) is 2.65. The first-order valence-corrected chi connectivity index (χ1v) is 6.59. The SMILES string of the molecule is CCn1cc(NC(=O)[C@H]2C[C@H]3CC[C@H]2C3)cn1. The molecule has 0 unspecified atom stereocenters. The Morgan fingerprint density at radius 3 is 3.00 bits per heavy atom. The van der Waals surface area contributed by atoms with E-state index >= 15 is 0 Å². The molecule has 3 atom stereocenters. The van der Waals surface area contributed by atoms with E-state index in [4.69, 9.17) is 0 Å². The van der Waals surface area contributed by atoms with Gasteiger partial charge in [-0.05, 0) is 38.0 Å². The number of aryl methyl sites for hydroxylation is 1. The summed E-state index contributed by atoms with van der Waals surface area (Å²) in [6.07, 6.45) is 8.57. The highest BCUT2D eigenvalue weighted by Gasteiger charge is 2.43. The van der Waals surface area contributed by atoms with Crippen LogP contribution in [-0.2, 0) is 11.3 Å². The molecule has 1 N–H and O–H groups in total. The van der Waals surface area contributed by atoms with E-state index in [0.29, 0.717) is 5.92 Å². The number of aromatic nitrogens is 2. The van der Waals surface area contributed by atoms with E-state index in [1.165, 1.54) is 19.3 Å². The Bertz CT molecular complexity index is 426. The zero-order valence-electron chi connectivity index (χ0n) is 10.2. The summed E-state index contributed by atoms with van der Waals surface area (Å²) in [5.74, 6) is 1.90. The molecule has 2 aliphatic rings. The highest BCUT2D eigenvalue weighted by Crippen LogP contribution is 2.48. The number of hydrogen-bond donors (Lipinski definition) is 1. The van der Waals surface area contributed by atoms with E-state index in [-0.39, 0.29) is 11.8 Å². The van der Waals surface area contributed by atoms with E-state index in [0.717, 1.165) is 24.6 Å². The van der Waals surface area contributed by atoms with Crippen molar-refractivity contribution in [2.45, 2.75) is 39.2 Å². The lowest BCUT2D eigenvalue weighted by molar-refractivity contribution is -0.121. The zero-order valence-corrected chi connectivity index (χ0v) is 10.2. The van der Waals surface area contributed by atoms with Gasteiger partial charge in [-0.25, -0.2) is 0 Å². The summed E-state index contributed by atoms with van der Waals surface area (Å²) in [5, 5.41) is 7.17. The summed E-state index contributed by atoms with van der Waals surface area (Å²) < 4.78 is 1.83. The molecule has 3 rings (SSSR count). The predicted octanol–water partition coefficient (Wildman–Crippen LogP) is 2.28. The van der Waals surface area contributed by atoms with Crippen LogP contribution in [0.4, 0.5) is 5.69 Å². The van der Waals surface area contributed by atoms with Crippen molar-refractivity contribution in [2.24, 2.45) is 17.8 Å². The number of rotatable bonds is 3. The number of fused-ring (bicyclic) bond motifs is 2. The molecule has 2 saturated carbocycles. The molecule has 4 nitrogen and oxygen atoms in total. The molecule has 17 heavy (non-hydrogen) atoms. The molecular formula is C13H19N3O. The van der Waals surface area contributed by atoms with Gasteiger partial charge in [-0.3, -0.25) is 9.48 Å². The molecule has 1 amide bonds. The molecule has 0 aromatic carbocycles. The van der Waals surface area contributed by atoms with Gasteiger partial charge in [-0.15, -0.1) is 0 Å². The van der Waals surface area contributed by atoms with Gasteiger partial charge in [0.2, 0.25) is 5.91 Å². The van der Waals surface area contributed by atoms with Crippen LogP contribution < -0.4 is 5.32 Å². The molecule has 1 aromatic heterocycles. The van der Waals surface area contributed by atoms with Gasteiger partial charge in [0.15, 0.2) is 0 Å². The fraction of sp³-hybridized carbons (Fsp3) is 0.692. The Labute approximate surface area is 101 Å². The second-order valence-electron chi connectivity index (χ2n) is 5.36. The van der Waals surface area contributed by atoms with Gasteiger partial charge in [0, 0.05) is 18.7 Å². The number of carbonyl (C=O) groups is 1. The van der Waals surface area contributed by atoms with Gasteiger partial charge in [0.25, 0.3) is 0 Å². The van der Waals surface area contributed by atoms with E-state index in [9.17, 15) is 4.79 Å². The summed E-state index contributed by atoms with van der Waals surface area (Å²) >= 11 is 0. The van der Waals surface area contributed by atoms with Crippen molar-refractivity contribution < 1.29 is 4.79 Å². The highest BCUT2D eigenvalue weighted by molar-refractivity contribution is 5.92. The third-order valence-corrected chi connectivity index (χ3v) is 4.30. The molecule has 0 radical (unpaired) electrons. The molecule has 0 spiro atoms. The largest absolute Gasteiger partial charge is 0.323 e. The van der Waals surface area contributed by atoms with Crippen LogP contribution in [-0.4, -0.2) is 15.7 Å². The summed E-state index contributed by atoms with van der Waals surface area (Å²) in [6, 6.07) is 0. The zero-order chi connectivity index (χ0) is 11.8. The summed E-state index contributed by atoms with van der Waals surface area (Å²) in [4.78, 5) is 12.2. The van der Waals surface area contributed by atoms with Crippen LogP contribution in [0.3, 0.4) is 0 Å². The van der Waals surface area contributed by atoms with E-state index < -0.39 is 0 Å². The average Bonchev–Trinajstić information content (AvgIpc) is 3.04. The van der Waals surface area contributed by atoms with Gasteiger partial charge in [-0.1, -0.05) is 6.42 Å². The average molecular weight is 233 g/mol. The number of nitrogens with one attached hydrogen (secondary N) is 1. The first kappa shape index (κ1) is 10.8. The van der Waals surface area contributed by atoms with Crippen molar-refractivity contribution in [3.05, 3.63) is 12.4 Å². The third kappa shape index (κ3) is 1.96. The van der Waals surface area contributed by atoms with E-state index in [1.807, 2.05) is 17.8 Å². The van der Waals surface area contributed by atoms with E-state index in [2.05, 4.69) is 10.4 Å². The second kappa shape index (κ2) is 4.17. The molecule has 4 heteroatoms. The monoisotopic (exact) mass is 233 g/mol. The first-order chi connectivity index (χ1) is 8.26. The minimum atomic E-state index is 0.202. The van der Waals surface area contributed by atoms with Crippen LogP contribution in [0, 0.1) is 17.8 Å². The molecule has 2 bridgehead atoms. The summed E-state index contributed by atoms with van der Waals surface area (Å²) in [6.45, 7) is 2.87. The van der Waals surface area contributed by atoms with Crippen LogP contribution in [0.2, 0.25) is 0 Å². The van der Waals surface area contributed by atoms with Crippen molar-refractivity contribution in [3.8, 4) is 0 Å². The van der Waals surface area contributed by atoms with Crippen LogP contribution in [0.15, 0.2) is 12.4 Å². The molecule has 1 aromatic rings. The number of hydrogen-bond acceptors (Lipinski definition) is 2. The molecule has 2 aliphatic carbocycles. The normalized spacial score (nSPS) is 30.8. The van der Waals surface area contributed by atoms with Crippen LogP contribution in [0.1, 0.15) is 32.6 Å². The second-order valence-corrected chi connectivity index (χ2v) is 5.36. The number of carbonyl (C=O) groups excluding carboxylic acids is 1. The lowest BCUT2D eigenvalue weighted by Crippen LogP contribution is -2.27. The number of anilines is 1. The molecule has 1 heterocycles. The molecule has 0 aliphatic heterocycles. The van der Waals surface area contributed by atoms with Crippen molar-refractivity contribution in [1.29, 1.82) is 0 Å². The standard InChI is InChI=1S/C13H19N3O/c1-2-16-8-11(7-14-16)15-13(17)12-6-9-3-4-10(12)5-9/h7-10,12H,2-6H2,1H3,(H,15,17)/t9-,10-,12-/m0/s1. The smallest absolute Gasteiger partial charge is 0.227 e. The van der Waals surface area contributed by atoms with Crippen LogP contribution >= 0.6 is 0 Å². The maximum absolute atomic E-state index is 12.2. The number of nitrogens with zero attached hydrogens (tertiary/aromatic N) is 2. The fourth-order valence-corrected chi connectivity index (χ4v) is 3.40. The quantitative estimate of drug-likeness (QED) is 0.870. The minimum Gasteiger partial charge on any atom is -0.323 e. The minimum absolute atomic E-state index is 0.202. The van der Waals surface area contributed by atoms with Crippen LogP contribution in [0.5, 0.6) is 0 Å². The Morgan fingerprint density at radius 1 is 1.53 bits per heavy atom. The lowest BCUT2D eigenvalue weighted by Gasteiger charge is -2.20. The molecular weight excluding hydrogens is 214 g/mol. The summed E-state index contributed by atoms with van der Waals surface area (Å²) in [7, 11) is 0. The van der Waals surface area contributed by atoms with Crippen molar-refractivity contribution in [2.75, 3.05) is 5.32 Å². The van der Waals surface area contributed by atoms with E-state index in [1.54, 1.807) is 6.20 Å². The van der Waals surface area contributed by atoms with Crippen molar-refractivity contribution in [1.82, 2.24) is 9.78 Å². The Hall–Kier alpha value is -1.32. The Morgan fingerprint density at radius 2 is 2.41 bits per heavy atom. The topological polar surface area (TPSA) is 46.9 Å². The van der Waals surface area contributed by atoms with Gasteiger partial charge >= 0.3 is 0 Å². The van der Waals surface area contributed by atoms with Crippen molar-refractivity contribution >= 4 is 11.6 Å². The third-order valence-electron chi connectivity index (χ3n) is 4.30. The molecule has 92 valence electrons. The molecule has 0 saturated heterocycles. The fourth-order valence-electron chi connectivity index (χ4n) is 3.40. The Balaban J connectivity index is 1.63. The number of amides is 1. The van der Waals surface area contributed by atoms with Crippen molar-refractivity contribution in [3.63, 3.8) is 0 Å². The van der Waals surface area contributed by atoms with Crippen LogP contribution in [0.25, 0.3) is 0 Å². The maximum Gasteiger partial charge on any atom is 0.227 e. The van der Waals surface area contributed by atoms with Gasteiger partial charge < -0.3 is 5.32 Å². The highest BCUT2D eigenvalue weighted by atomic mass is 16.1. The molecule has 2 fully saturated rings. The maximum atomic E-state index is 12.2. The first-order valence-electron chi connectivity index (χ1n) is 6.59. The van der Waals surface area contributed by atoms with Gasteiger partial charge in [0.1, 0.15) is 0 Å².